The molecule has 7 nitrogen and oxygen atoms in total. The Morgan fingerprint density at radius 3 is 2.49 bits per heavy atom. The Morgan fingerprint density at radius 2 is 1.87 bits per heavy atom. The molecule has 2 aromatic carbocycles. The van der Waals surface area contributed by atoms with E-state index < -0.39 is 44.0 Å². The lowest BCUT2D eigenvalue weighted by Gasteiger charge is -2.32. The van der Waals surface area contributed by atoms with Crippen LogP contribution in [0.1, 0.15) is 49.9 Å². The van der Waals surface area contributed by atoms with Crippen molar-refractivity contribution in [2.24, 2.45) is 11.8 Å². The molecule has 2 fully saturated rings. The Hall–Kier alpha value is -2.18. The summed E-state index contributed by atoms with van der Waals surface area (Å²) >= 11 is 6.31. The predicted octanol–water partition coefficient (Wildman–Crippen LogP) is 5.14. The SMILES string of the molecule is CC[C@@](O)(COCC1CO1)C[C@@H]1CCC(C)C1S(=O)(=O)c1cc(C(=O)Nc2cc(F)c(F)c(F)c2)ccc1Cl. The minimum atomic E-state index is -4.07. The molecule has 1 saturated heterocycles. The van der Waals surface area contributed by atoms with Gasteiger partial charge in [-0.2, -0.15) is 0 Å². The molecule has 1 heterocycles. The average Bonchev–Trinajstić information content (AvgIpc) is 3.63. The van der Waals surface area contributed by atoms with Gasteiger partial charge in [-0.3, -0.25) is 4.79 Å². The zero-order valence-corrected chi connectivity index (χ0v) is 23.1. The lowest BCUT2D eigenvalue weighted by molar-refractivity contribution is -0.0650. The number of nitrogens with one attached hydrogen (secondary N) is 1. The van der Waals surface area contributed by atoms with Crippen molar-refractivity contribution in [2.45, 2.75) is 61.4 Å². The van der Waals surface area contributed by atoms with Gasteiger partial charge in [0, 0.05) is 23.4 Å². The van der Waals surface area contributed by atoms with Crippen LogP contribution in [0.25, 0.3) is 0 Å². The monoisotopic (exact) mass is 589 g/mol. The summed E-state index contributed by atoms with van der Waals surface area (Å²) in [4.78, 5) is 12.5. The van der Waals surface area contributed by atoms with Crippen LogP contribution in [0.5, 0.6) is 0 Å². The smallest absolute Gasteiger partial charge is 0.255 e. The van der Waals surface area contributed by atoms with E-state index >= 15 is 0 Å². The molecule has 39 heavy (non-hydrogen) atoms. The topological polar surface area (TPSA) is 105 Å². The fourth-order valence-corrected chi connectivity index (χ4v) is 8.08. The van der Waals surface area contributed by atoms with Gasteiger partial charge in [-0.1, -0.05) is 25.4 Å². The van der Waals surface area contributed by atoms with E-state index in [-0.39, 0.29) is 52.1 Å². The van der Waals surface area contributed by atoms with Crippen molar-refractivity contribution in [1.82, 2.24) is 0 Å². The minimum Gasteiger partial charge on any atom is -0.387 e. The number of aliphatic hydroxyl groups is 1. The number of sulfone groups is 1. The molecule has 1 aliphatic heterocycles. The van der Waals surface area contributed by atoms with Crippen molar-refractivity contribution in [3.8, 4) is 0 Å². The van der Waals surface area contributed by atoms with E-state index in [1.807, 2.05) is 13.8 Å². The van der Waals surface area contributed by atoms with Crippen LogP contribution in [0.2, 0.25) is 5.02 Å². The zero-order chi connectivity index (χ0) is 28.5. The fourth-order valence-electron chi connectivity index (χ4n) is 5.23. The summed E-state index contributed by atoms with van der Waals surface area (Å²) in [6.07, 6.45) is 1.84. The van der Waals surface area contributed by atoms with Gasteiger partial charge >= 0.3 is 0 Å². The number of anilines is 1. The van der Waals surface area contributed by atoms with Gasteiger partial charge in [0.25, 0.3) is 5.91 Å². The number of amides is 1. The number of benzene rings is 2. The number of hydrogen-bond donors (Lipinski definition) is 2. The first-order valence-electron chi connectivity index (χ1n) is 12.8. The summed E-state index contributed by atoms with van der Waals surface area (Å²) in [5, 5.41) is 12.5. The predicted molar refractivity (Wildman–Crippen MR) is 139 cm³/mol. The molecule has 0 aromatic heterocycles. The lowest BCUT2D eigenvalue weighted by atomic mass is 9.87. The number of halogens is 4. The van der Waals surface area contributed by atoms with Gasteiger partial charge in [-0.25, -0.2) is 21.6 Å². The maximum absolute atomic E-state index is 13.9. The van der Waals surface area contributed by atoms with E-state index in [1.165, 1.54) is 12.1 Å². The molecule has 3 unspecified atom stereocenters. The van der Waals surface area contributed by atoms with Gasteiger partial charge in [-0.05, 0) is 55.7 Å². The molecule has 214 valence electrons. The third-order valence-corrected chi connectivity index (χ3v) is 10.5. The quantitative estimate of drug-likeness (QED) is 0.278. The maximum Gasteiger partial charge on any atom is 0.255 e. The molecule has 1 aliphatic carbocycles. The van der Waals surface area contributed by atoms with E-state index in [0.717, 1.165) is 6.07 Å². The molecule has 5 atom stereocenters. The summed E-state index contributed by atoms with van der Waals surface area (Å²) in [7, 11) is -4.07. The van der Waals surface area contributed by atoms with Crippen molar-refractivity contribution < 1.29 is 41.0 Å². The van der Waals surface area contributed by atoms with E-state index in [2.05, 4.69) is 5.32 Å². The van der Waals surface area contributed by atoms with Crippen molar-refractivity contribution in [3.05, 3.63) is 58.4 Å². The van der Waals surface area contributed by atoms with Gasteiger partial charge in [-0.15, -0.1) is 0 Å². The van der Waals surface area contributed by atoms with Crippen molar-refractivity contribution in [1.29, 1.82) is 0 Å². The van der Waals surface area contributed by atoms with Gasteiger partial charge in [0.05, 0.1) is 40.6 Å². The zero-order valence-electron chi connectivity index (χ0n) is 21.6. The molecular weight excluding hydrogens is 559 g/mol. The van der Waals surface area contributed by atoms with Gasteiger partial charge in [0.2, 0.25) is 0 Å². The third kappa shape index (κ3) is 6.77. The number of hydrogen-bond acceptors (Lipinski definition) is 6. The van der Waals surface area contributed by atoms with Crippen LogP contribution in [0, 0.1) is 29.3 Å². The fraction of sp³-hybridized carbons (Fsp3) is 0.519. The number of ether oxygens (including phenoxy) is 2. The highest BCUT2D eigenvalue weighted by Gasteiger charge is 2.46. The number of carbonyl (C=O) groups is 1. The molecule has 2 aliphatic rings. The Morgan fingerprint density at radius 1 is 1.21 bits per heavy atom. The number of epoxide rings is 1. The van der Waals surface area contributed by atoms with Gasteiger partial charge < -0.3 is 19.9 Å². The second kappa shape index (κ2) is 11.7. The van der Waals surface area contributed by atoms with Crippen LogP contribution in [-0.2, 0) is 19.3 Å². The highest BCUT2D eigenvalue weighted by atomic mass is 35.5. The highest BCUT2D eigenvalue weighted by Crippen LogP contribution is 2.44. The normalized spacial score (nSPS) is 24.4. The van der Waals surface area contributed by atoms with Crippen LogP contribution < -0.4 is 5.32 Å². The van der Waals surface area contributed by atoms with Crippen LogP contribution in [0.4, 0.5) is 18.9 Å². The molecule has 0 spiro atoms. The number of carbonyl (C=O) groups excluding carboxylic acids is 1. The number of rotatable bonds is 11. The molecular formula is C27H31ClF3NO6S. The molecule has 0 bridgehead atoms. The maximum atomic E-state index is 13.9. The Balaban J connectivity index is 1.56. The molecule has 0 radical (unpaired) electrons. The summed E-state index contributed by atoms with van der Waals surface area (Å²) in [6.45, 7) is 4.70. The molecule has 2 aromatic rings. The van der Waals surface area contributed by atoms with Crippen LogP contribution in [0.15, 0.2) is 35.2 Å². The van der Waals surface area contributed by atoms with Crippen LogP contribution >= 0.6 is 11.6 Å². The van der Waals surface area contributed by atoms with E-state index in [4.69, 9.17) is 21.1 Å². The average molecular weight is 590 g/mol. The minimum absolute atomic E-state index is 0.0402. The Bertz CT molecular complexity index is 1320. The first-order valence-corrected chi connectivity index (χ1v) is 14.7. The lowest BCUT2D eigenvalue weighted by Crippen LogP contribution is -2.40. The summed E-state index contributed by atoms with van der Waals surface area (Å²) in [6, 6.07) is 4.89. The summed E-state index contributed by atoms with van der Waals surface area (Å²) in [5.74, 6) is -6.11. The first kappa shape index (κ1) is 29.8. The molecule has 1 amide bonds. The third-order valence-electron chi connectivity index (χ3n) is 7.50. The van der Waals surface area contributed by atoms with Crippen molar-refractivity contribution in [3.63, 3.8) is 0 Å². The molecule has 12 heteroatoms. The van der Waals surface area contributed by atoms with Gasteiger partial charge in [0.15, 0.2) is 27.3 Å². The van der Waals surface area contributed by atoms with E-state index in [1.54, 1.807) is 0 Å². The van der Waals surface area contributed by atoms with Crippen molar-refractivity contribution >= 4 is 33.0 Å². The molecule has 2 N–H and O–H groups in total. The second-order valence-corrected chi connectivity index (χ2v) is 12.9. The van der Waals surface area contributed by atoms with Crippen LogP contribution in [0.3, 0.4) is 0 Å². The largest absolute Gasteiger partial charge is 0.387 e. The second-order valence-electron chi connectivity index (χ2n) is 10.4. The summed E-state index contributed by atoms with van der Waals surface area (Å²) < 4.78 is 79.0. The Kier molecular flexibility index (Phi) is 8.97. The van der Waals surface area contributed by atoms with E-state index in [9.17, 15) is 31.5 Å². The van der Waals surface area contributed by atoms with Crippen molar-refractivity contribution in [2.75, 3.05) is 25.1 Å². The van der Waals surface area contributed by atoms with Gasteiger partial charge in [0.1, 0.15) is 6.10 Å². The Labute approximate surface area is 230 Å². The first-order chi connectivity index (χ1) is 18.3. The standard InChI is InChI=1S/C27H31ClF3NO6S/c1-3-27(34,14-37-12-19-13-38-19)11-17-5-4-15(2)25(17)39(35,36)23-8-16(6-7-20(23)28)26(33)32-18-9-21(29)24(31)22(30)10-18/h6-10,15,17,19,25,34H,3-5,11-14H2,1-2H3,(H,32,33)/t15?,17-,19?,25?,27-/m0/s1. The highest BCUT2D eigenvalue weighted by molar-refractivity contribution is 7.92. The molecule has 4 rings (SSSR count). The summed E-state index contributed by atoms with van der Waals surface area (Å²) in [5.41, 5.74) is -1.68. The molecule has 1 saturated carbocycles. The van der Waals surface area contributed by atoms with Crippen LogP contribution in [-0.4, -0.2) is 56.2 Å². The van der Waals surface area contributed by atoms with E-state index in [0.29, 0.717) is 44.6 Å².